The smallest absolute Gasteiger partial charge is 0.303 e. The van der Waals surface area contributed by atoms with Gasteiger partial charge in [0.05, 0.1) is 0 Å². The number of amides is 1. The number of carbonyl (C=O) groups is 2. The molecule has 0 spiro atoms. The van der Waals surface area contributed by atoms with Gasteiger partial charge >= 0.3 is 5.97 Å². The zero-order chi connectivity index (χ0) is 11.5. The van der Waals surface area contributed by atoms with E-state index in [0.717, 1.165) is 11.3 Å². The fourth-order valence-corrected chi connectivity index (χ4v) is 2.06. The first-order chi connectivity index (χ1) is 7.66. The molecule has 1 atom stereocenters. The normalized spacial score (nSPS) is 18.8. The van der Waals surface area contributed by atoms with E-state index < -0.39 is 5.97 Å². The predicted molar refractivity (Wildman–Crippen MR) is 59.3 cm³/mol. The van der Waals surface area contributed by atoms with E-state index in [0.29, 0.717) is 12.8 Å². The van der Waals surface area contributed by atoms with Gasteiger partial charge in [0.1, 0.15) is 0 Å². The molecule has 1 heterocycles. The maximum absolute atomic E-state index is 11.4. The highest BCUT2D eigenvalue weighted by Gasteiger charge is 2.24. The van der Waals surface area contributed by atoms with Crippen LogP contribution in [0.15, 0.2) is 24.3 Å². The summed E-state index contributed by atoms with van der Waals surface area (Å²) in [6, 6.07) is 7.56. The van der Waals surface area contributed by atoms with Crippen LogP contribution in [0.3, 0.4) is 0 Å². The van der Waals surface area contributed by atoms with Crippen LogP contribution in [0.5, 0.6) is 0 Å². The van der Waals surface area contributed by atoms with Crippen LogP contribution in [-0.4, -0.2) is 17.0 Å². The van der Waals surface area contributed by atoms with Crippen LogP contribution in [0.1, 0.15) is 30.7 Å². The Morgan fingerprint density at radius 3 is 2.94 bits per heavy atom. The van der Waals surface area contributed by atoms with E-state index >= 15 is 0 Å². The van der Waals surface area contributed by atoms with E-state index in [2.05, 4.69) is 5.32 Å². The number of anilines is 1. The number of carboxylic acids is 1. The first-order valence-corrected chi connectivity index (χ1v) is 5.27. The van der Waals surface area contributed by atoms with Gasteiger partial charge in [-0.05, 0) is 24.0 Å². The van der Waals surface area contributed by atoms with E-state index in [4.69, 9.17) is 5.11 Å². The van der Waals surface area contributed by atoms with Crippen LogP contribution in [0.25, 0.3) is 0 Å². The quantitative estimate of drug-likeness (QED) is 0.816. The monoisotopic (exact) mass is 219 g/mol. The predicted octanol–water partition coefficient (Wildman–Crippen LogP) is 1.98. The highest BCUT2D eigenvalue weighted by atomic mass is 16.4. The van der Waals surface area contributed by atoms with Crippen molar-refractivity contribution >= 4 is 17.6 Å². The summed E-state index contributed by atoms with van der Waals surface area (Å²) in [6.07, 6.45) is 0.996. The third-order valence-corrected chi connectivity index (χ3v) is 2.81. The van der Waals surface area contributed by atoms with E-state index in [1.807, 2.05) is 24.3 Å². The molecule has 1 aromatic rings. The molecule has 4 heteroatoms. The summed E-state index contributed by atoms with van der Waals surface area (Å²) in [5.41, 5.74) is 1.86. The van der Waals surface area contributed by atoms with Crippen molar-refractivity contribution in [3.05, 3.63) is 29.8 Å². The van der Waals surface area contributed by atoms with E-state index in [-0.39, 0.29) is 18.2 Å². The van der Waals surface area contributed by atoms with Crippen molar-refractivity contribution in [1.29, 1.82) is 0 Å². The summed E-state index contributed by atoms with van der Waals surface area (Å²) in [5.74, 6) is -0.821. The SMILES string of the molecule is O=C(O)CCC1CC(=O)Nc2ccccc21. The average Bonchev–Trinajstić information content (AvgIpc) is 2.25. The maximum Gasteiger partial charge on any atom is 0.303 e. The standard InChI is InChI=1S/C12H13NO3/c14-11-7-8(5-6-12(15)16)9-3-1-2-4-10(9)13-11/h1-4,8H,5-7H2,(H,13,14)(H,15,16). The second kappa shape index (κ2) is 4.35. The average molecular weight is 219 g/mol. The Hall–Kier alpha value is -1.84. The zero-order valence-corrected chi connectivity index (χ0v) is 8.77. The van der Waals surface area contributed by atoms with Gasteiger partial charge in [0.2, 0.25) is 5.91 Å². The van der Waals surface area contributed by atoms with Crippen molar-refractivity contribution in [3.8, 4) is 0 Å². The third kappa shape index (κ3) is 2.21. The number of carboxylic acid groups (broad SMARTS) is 1. The Kier molecular flexibility index (Phi) is 2.90. The van der Waals surface area contributed by atoms with Gasteiger partial charge in [0.25, 0.3) is 0 Å². The molecule has 0 radical (unpaired) electrons. The molecule has 16 heavy (non-hydrogen) atoms. The molecule has 1 aromatic carbocycles. The Labute approximate surface area is 93.3 Å². The lowest BCUT2D eigenvalue weighted by Crippen LogP contribution is -2.23. The summed E-state index contributed by atoms with van der Waals surface area (Å²) in [5, 5.41) is 11.4. The number of benzene rings is 1. The van der Waals surface area contributed by atoms with Crippen LogP contribution >= 0.6 is 0 Å². The molecule has 0 saturated carbocycles. The fraction of sp³-hybridized carbons (Fsp3) is 0.333. The third-order valence-electron chi connectivity index (χ3n) is 2.81. The molecule has 1 aliphatic heterocycles. The molecule has 0 fully saturated rings. The van der Waals surface area contributed by atoms with Gasteiger partial charge in [-0.3, -0.25) is 9.59 Å². The van der Waals surface area contributed by atoms with Gasteiger partial charge < -0.3 is 10.4 Å². The number of carbonyl (C=O) groups excluding carboxylic acids is 1. The minimum atomic E-state index is -0.816. The summed E-state index contributed by atoms with van der Waals surface area (Å²) in [7, 11) is 0. The maximum atomic E-state index is 11.4. The molecular weight excluding hydrogens is 206 g/mol. The highest BCUT2D eigenvalue weighted by Crippen LogP contribution is 2.34. The van der Waals surface area contributed by atoms with E-state index in [1.54, 1.807) is 0 Å². The number of aliphatic carboxylic acids is 1. The lowest BCUT2D eigenvalue weighted by molar-refractivity contribution is -0.137. The molecule has 84 valence electrons. The highest BCUT2D eigenvalue weighted by molar-refractivity contribution is 5.94. The molecule has 2 N–H and O–H groups in total. The minimum Gasteiger partial charge on any atom is -0.481 e. The van der Waals surface area contributed by atoms with Crippen molar-refractivity contribution < 1.29 is 14.7 Å². The molecule has 0 aromatic heterocycles. The Morgan fingerprint density at radius 1 is 1.44 bits per heavy atom. The Balaban J connectivity index is 2.20. The molecule has 0 saturated heterocycles. The van der Waals surface area contributed by atoms with Crippen molar-refractivity contribution in [2.24, 2.45) is 0 Å². The molecule has 4 nitrogen and oxygen atoms in total. The minimum absolute atomic E-state index is 0.0287. The molecular formula is C12H13NO3. The van der Waals surface area contributed by atoms with Crippen LogP contribution in [0, 0.1) is 0 Å². The van der Waals surface area contributed by atoms with Crippen LogP contribution in [0.4, 0.5) is 5.69 Å². The molecule has 1 aliphatic rings. The van der Waals surface area contributed by atoms with Gasteiger partial charge in [0.15, 0.2) is 0 Å². The van der Waals surface area contributed by atoms with Gasteiger partial charge in [-0.25, -0.2) is 0 Å². The topological polar surface area (TPSA) is 66.4 Å². The number of fused-ring (bicyclic) bond motifs is 1. The Bertz CT molecular complexity index is 428. The molecule has 0 aliphatic carbocycles. The first-order valence-electron chi connectivity index (χ1n) is 5.27. The van der Waals surface area contributed by atoms with E-state index in [1.165, 1.54) is 0 Å². The number of hydrogen-bond donors (Lipinski definition) is 2. The van der Waals surface area contributed by atoms with Crippen molar-refractivity contribution in [2.75, 3.05) is 5.32 Å². The van der Waals surface area contributed by atoms with Crippen LogP contribution in [-0.2, 0) is 9.59 Å². The summed E-state index contributed by atoms with van der Waals surface area (Å²) in [4.78, 5) is 22.0. The summed E-state index contributed by atoms with van der Waals surface area (Å²) < 4.78 is 0. The summed E-state index contributed by atoms with van der Waals surface area (Å²) in [6.45, 7) is 0. The lowest BCUT2D eigenvalue weighted by atomic mass is 9.87. The largest absolute Gasteiger partial charge is 0.481 e. The van der Waals surface area contributed by atoms with Crippen LogP contribution < -0.4 is 5.32 Å². The molecule has 1 unspecified atom stereocenters. The van der Waals surface area contributed by atoms with E-state index in [9.17, 15) is 9.59 Å². The number of nitrogens with one attached hydrogen (secondary N) is 1. The lowest BCUT2D eigenvalue weighted by Gasteiger charge is -2.24. The molecule has 1 amide bonds. The molecule has 0 bridgehead atoms. The number of para-hydroxylation sites is 1. The van der Waals surface area contributed by atoms with Gasteiger partial charge in [-0.15, -0.1) is 0 Å². The van der Waals surface area contributed by atoms with Crippen molar-refractivity contribution in [3.63, 3.8) is 0 Å². The Morgan fingerprint density at radius 2 is 2.19 bits per heavy atom. The number of rotatable bonds is 3. The van der Waals surface area contributed by atoms with Crippen molar-refractivity contribution in [1.82, 2.24) is 0 Å². The zero-order valence-electron chi connectivity index (χ0n) is 8.77. The first kappa shape index (κ1) is 10.7. The second-order valence-corrected chi connectivity index (χ2v) is 3.97. The summed E-state index contributed by atoms with van der Waals surface area (Å²) >= 11 is 0. The fourth-order valence-electron chi connectivity index (χ4n) is 2.06. The van der Waals surface area contributed by atoms with Gasteiger partial charge in [0, 0.05) is 18.5 Å². The second-order valence-electron chi connectivity index (χ2n) is 3.97. The molecule has 2 rings (SSSR count). The van der Waals surface area contributed by atoms with Crippen molar-refractivity contribution in [2.45, 2.75) is 25.2 Å². The van der Waals surface area contributed by atoms with Gasteiger partial charge in [-0.1, -0.05) is 18.2 Å². The number of hydrogen-bond acceptors (Lipinski definition) is 2. The van der Waals surface area contributed by atoms with Gasteiger partial charge in [-0.2, -0.15) is 0 Å². The van der Waals surface area contributed by atoms with Crippen LogP contribution in [0.2, 0.25) is 0 Å².